The summed E-state index contributed by atoms with van der Waals surface area (Å²) in [4.78, 5) is 11.3. The minimum Gasteiger partial charge on any atom is -0.393 e. The van der Waals surface area contributed by atoms with Gasteiger partial charge in [-0.05, 0) is 18.8 Å². The first-order valence-corrected chi connectivity index (χ1v) is 6.26. The van der Waals surface area contributed by atoms with E-state index in [9.17, 15) is 9.90 Å². The molecule has 0 aromatic heterocycles. The Balaban J connectivity index is 2.06. The Morgan fingerprint density at radius 3 is 2.88 bits per heavy atom. The maximum atomic E-state index is 11.3. The fraction of sp³-hybridized carbons (Fsp3) is 0.833. The molecule has 0 heterocycles. The van der Waals surface area contributed by atoms with Gasteiger partial charge in [0.05, 0.1) is 25.1 Å². The van der Waals surface area contributed by atoms with Crippen LogP contribution in [0.25, 0.3) is 0 Å². The number of hydrogen-bond acceptors (Lipinski definition) is 4. The molecular formula is C12H21N3O2. The average Bonchev–Trinajstić information content (AvgIpc) is 2.32. The van der Waals surface area contributed by atoms with E-state index < -0.39 is 0 Å². The number of hydrogen-bond donors (Lipinski definition) is 3. The first kappa shape index (κ1) is 13.9. The summed E-state index contributed by atoms with van der Waals surface area (Å²) in [6, 6.07) is 1.97. The Morgan fingerprint density at radius 2 is 2.18 bits per heavy atom. The second-order valence-corrected chi connectivity index (χ2v) is 4.50. The van der Waals surface area contributed by atoms with Crippen LogP contribution in [0.15, 0.2) is 0 Å². The van der Waals surface area contributed by atoms with Crippen molar-refractivity contribution >= 4 is 5.91 Å². The Morgan fingerprint density at radius 1 is 1.41 bits per heavy atom. The number of nitrogens with zero attached hydrogens (tertiary/aromatic N) is 1. The van der Waals surface area contributed by atoms with E-state index in [1.54, 1.807) is 0 Å². The van der Waals surface area contributed by atoms with Crippen LogP contribution in [0, 0.1) is 17.2 Å². The van der Waals surface area contributed by atoms with Crippen molar-refractivity contribution in [2.45, 2.75) is 38.2 Å². The highest BCUT2D eigenvalue weighted by Gasteiger charge is 2.22. The smallest absolute Gasteiger partial charge is 0.233 e. The van der Waals surface area contributed by atoms with Gasteiger partial charge >= 0.3 is 0 Å². The number of nitriles is 1. The van der Waals surface area contributed by atoms with Gasteiger partial charge in [-0.15, -0.1) is 0 Å². The van der Waals surface area contributed by atoms with E-state index in [4.69, 9.17) is 5.26 Å². The highest BCUT2D eigenvalue weighted by atomic mass is 16.3. The number of carbonyl (C=O) groups excluding carboxylic acids is 1. The van der Waals surface area contributed by atoms with Gasteiger partial charge in [0.15, 0.2) is 0 Å². The molecule has 0 radical (unpaired) electrons. The summed E-state index contributed by atoms with van der Waals surface area (Å²) in [5, 5.41) is 23.7. The lowest BCUT2D eigenvalue weighted by Crippen LogP contribution is -2.39. The molecule has 2 unspecified atom stereocenters. The molecule has 17 heavy (non-hydrogen) atoms. The lowest BCUT2D eigenvalue weighted by molar-refractivity contribution is -0.120. The molecule has 0 spiro atoms. The molecule has 3 N–H and O–H groups in total. The van der Waals surface area contributed by atoms with E-state index in [0.717, 1.165) is 25.7 Å². The Hall–Kier alpha value is -1.12. The fourth-order valence-corrected chi connectivity index (χ4v) is 2.12. The van der Waals surface area contributed by atoms with Gasteiger partial charge in [-0.1, -0.05) is 12.8 Å². The molecule has 0 aromatic rings. The molecule has 0 saturated heterocycles. The molecular weight excluding hydrogens is 218 g/mol. The van der Waals surface area contributed by atoms with Crippen LogP contribution >= 0.6 is 0 Å². The third-order valence-corrected chi connectivity index (χ3v) is 3.12. The quantitative estimate of drug-likeness (QED) is 0.576. The fourth-order valence-electron chi connectivity index (χ4n) is 2.12. The minimum atomic E-state index is -0.224. The number of carbonyl (C=O) groups is 1. The molecule has 1 fully saturated rings. The average molecular weight is 239 g/mol. The van der Waals surface area contributed by atoms with Crippen LogP contribution in [0.3, 0.4) is 0 Å². The summed E-state index contributed by atoms with van der Waals surface area (Å²) in [5.41, 5.74) is 0. The van der Waals surface area contributed by atoms with Crippen molar-refractivity contribution < 1.29 is 9.90 Å². The maximum Gasteiger partial charge on any atom is 0.233 e. The second-order valence-electron chi connectivity index (χ2n) is 4.50. The van der Waals surface area contributed by atoms with Gasteiger partial charge in [-0.3, -0.25) is 4.79 Å². The number of nitrogens with one attached hydrogen (secondary N) is 2. The Kier molecular flexibility index (Phi) is 6.60. The number of aliphatic hydroxyl groups is 1. The van der Waals surface area contributed by atoms with Gasteiger partial charge in [0.1, 0.15) is 0 Å². The molecule has 5 heteroatoms. The Labute approximate surface area is 102 Å². The van der Waals surface area contributed by atoms with Crippen LogP contribution in [-0.4, -0.2) is 36.8 Å². The summed E-state index contributed by atoms with van der Waals surface area (Å²) in [6.45, 7) is 1.35. The van der Waals surface area contributed by atoms with Crippen molar-refractivity contribution in [2.75, 3.05) is 19.6 Å². The topological polar surface area (TPSA) is 85.2 Å². The van der Waals surface area contributed by atoms with Crippen LogP contribution in [0.2, 0.25) is 0 Å². The van der Waals surface area contributed by atoms with Gasteiger partial charge in [0.25, 0.3) is 0 Å². The summed E-state index contributed by atoms with van der Waals surface area (Å²) >= 11 is 0. The van der Waals surface area contributed by atoms with Gasteiger partial charge in [0, 0.05) is 13.1 Å². The van der Waals surface area contributed by atoms with Gasteiger partial charge in [-0.2, -0.15) is 5.26 Å². The summed E-state index contributed by atoms with van der Waals surface area (Å²) in [5.74, 6) is 0.182. The van der Waals surface area contributed by atoms with Crippen LogP contribution in [0.1, 0.15) is 32.1 Å². The van der Waals surface area contributed by atoms with Crippen LogP contribution < -0.4 is 10.6 Å². The first-order valence-electron chi connectivity index (χ1n) is 6.26. The van der Waals surface area contributed by atoms with Crippen molar-refractivity contribution in [3.8, 4) is 6.07 Å². The number of rotatable bonds is 6. The monoisotopic (exact) mass is 239 g/mol. The molecule has 2 atom stereocenters. The van der Waals surface area contributed by atoms with Crippen molar-refractivity contribution in [3.63, 3.8) is 0 Å². The summed E-state index contributed by atoms with van der Waals surface area (Å²) in [6.07, 6.45) is 4.29. The molecule has 5 nitrogen and oxygen atoms in total. The minimum absolute atomic E-state index is 0.0921. The second kappa shape index (κ2) is 8.04. The third kappa shape index (κ3) is 5.66. The van der Waals surface area contributed by atoms with E-state index in [2.05, 4.69) is 10.6 Å². The molecule has 0 bridgehead atoms. The SMILES string of the molecule is N#CCCNC(=O)CNCC1CCCCC1O. The molecule has 1 saturated carbocycles. The predicted octanol–water partition coefficient (Wildman–Crippen LogP) is 0.157. The highest BCUT2D eigenvalue weighted by molar-refractivity contribution is 5.77. The zero-order valence-corrected chi connectivity index (χ0v) is 10.1. The maximum absolute atomic E-state index is 11.3. The highest BCUT2D eigenvalue weighted by Crippen LogP contribution is 2.23. The largest absolute Gasteiger partial charge is 0.393 e. The molecule has 96 valence electrons. The molecule has 0 aliphatic heterocycles. The molecule has 1 aliphatic rings. The van der Waals surface area contributed by atoms with E-state index in [-0.39, 0.29) is 24.5 Å². The van der Waals surface area contributed by atoms with E-state index in [1.165, 1.54) is 0 Å². The van der Waals surface area contributed by atoms with Crippen LogP contribution in [0.5, 0.6) is 0 Å². The first-order chi connectivity index (χ1) is 8.24. The number of aliphatic hydroxyl groups excluding tert-OH is 1. The number of amides is 1. The zero-order valence-electron chi connectivity index (χ0n) is 10.1. The van der Waals surface area contributed by atoms with Crippen LogP contribution in [-0.2, 0) is 4.79 Å². The lowest BCUT2D eigenvalue weighted by Gasteiger charge is -2.27. The van der Waals surface area contributed by atoms with Crippen molar-refractivity contribution in [2.24, 2.45) is 5.92 Å². The van der Waals surface area contributed by atoms with Gasteiger partial charge < -0.3 is 15.7 Å². The van der Waals surface area contributed by atoms with Gasteiger partial charge in [-0.25, -0.2) is 0 Å². The molecule has 1 amide bonds. The molecule has 1 aliphatic carbocycles. The molecule has 1 rings (SSSR count). The van der Waals surface area contributed by atoms with Crippen molar-refractivity contribution in [1.82, 2.24) is 10.6 Å². The lowest BCUT2D eigenvalue weighted by atomic mass is 9.86. The standard InChI is InChI=1S/C12H21N3O2/c13-6-3-7-15-12(17)9-14-8-10-4-1-2-5-11(10)16/h10-11,14,16H,1-5,7-9H2,(H,15,17). The zero-order chi connectivity index (χ0) is 12.5. The summed E-state index contributed by atoms with van der Waals surface area (Å²) in [7, 11) is 0. The summed E-state index contributed by atoms with van der Waals surface area (Å²) < 4.78 is 0. The van der Waals surface area contributed by atoms with Gasteiger partial charge in [0.2, 0.25) is 5.91 Å². The Bertz CT molecular complexity index is 275. The van der Waals surface area contributed by atoms with E-state index in [0.29, 0.717) is 19.5 Å². The van der Waals surface area contributed by atoms with Crippen LogP contribution in [0.4, 0.5) is 0 Å². The van der Waals surface area contributed by atoms with E-state index >= 15 is 0 Å². The van der Waals surface area contributed by atoms with Crippen molar-refractivity contribution in [1.29, 1.82) is 5.26 Å². The van der Waals surface area contributed by atoms with Crippen molar-refractivity contribution in [3.05, 3.63) is 0 Å². The van der Waals surface area contributed by atoms with E-state index in [1.807, 2.05) is 6.07 Å². The predicted molar refractivity (Wildman–Crippen MR) is 64.1 cm³/mol. The normalized spacial score (nSPS) is 24.0. The third-order valence-electron chi connectivity index (χ3n) is 3.12. The molecule has 0 aromatic carbocycles.